The van der Waals surface area contributed by atoms with Crippen LogP contribution in [-0.4, -0.2) is 44.6 Å². The van der Waals surface area contributed by atoms with Gasteiger partial charge in [0.15, 0.2) is 0 Å². The van der Waals surface area contributed by atoms with E-state index >= 15 is 0 Å². The Morgan fingerprint density at radius 2 is 0.319 bits per heavy atom. The van der Waals surface area contributed by atoms with Crippen molar-refractivity contribution in [1.29, 1.82) is 0 Å². The number of unbranched alkanes of at least 4 members (excludes halogenated alkanes) is 48. The Bertz CT molecular complexity index is 819. The van der Waals surface area contributed by atoms with Crippen LogP contribution in [0.15, 0.2) is 0 Å². The van der Waals surface area contributed by atoms with Crippen molar-refractivity contribution in [3.05, 3.63) is 0 Å². The van der Waals surface area contributed by atoms with Crippen molar-refractivity contribution in [2.75, 3.05) is 26.2 Å². The summed E-state index contributed by atoms with van der Waals surface area (Å²) in [6, 6.07) is 0. The summed E-state index contributed by atoms with van der Waals surface area (Å²) in [6.07, 6.45) is 73.1. The second-order valence-corrected chi connectivity index (χ2v) is 23.5. The van der Waals surface area contributed by atoms with E-state index in [0.29, 0.717) is 8.64 Å². The first-order chi connectivity index (χ1) is 33.4. The maximum Gasteiger partial charge on any atom is 2.00 e. The van der Waals surface area contributed by atoms with Crippen molar-refractivity contribution in [3.8, 4) is 0 Å². The zero-order valence-corrected chi connectivity index (χ0v) is 54.1. The minimum Gasteiger partial charge on any atom is -0.411 e. The van der Waals surface area contributed by atoms with Gasteiger partial charge < -0.3 is 59.5 Å². The van der Waals surface area contributed by atoms with Gasteiger partial charge in [0.25, 0.3) is 0 Å². The summed E-state index contributed by atoms with van der Waals surface area (Å²) in [5.41, 5.74) is 0. The molecule has 0 saturated heterocycles. The minimum absolute atomic E-state index is 0. The van der Waals surface area contributed by atoms with Crippen LogP contribution in [0.4, 0.5) is 0 Å². The smallest absolute Gasteiger partial charge is 0.411 e. The van der Waals surface area contributed by atoms with Crippen LogP contribution in [0.3, 0.4) is 0 Å². The molecule has 0 aliphatic heterocycles. The molecule has 0 aliphatic rings. The average molecular weight is 1090 g/mol. The molecule has 0 aromatic rings. The Morgan fingerprint density at radius 3 is 0.420 bits per heavy atom. The van der Waals surface area contributed by atoms with Crippen molar-refractivity contribution in [2.24, 2.45) is 0 Å². The molecule has 0 unspecified atom stereocenters. The molecule has 69 heavy (non-hydrogen) atoms. The predicted octanol–water partition coefficient (Wildman–Crippen LogP) is 22.6. The molecule has 0 rings (SSSR count). The maximum absolute atomic E-state index is 5.34. The van der Waals surface area contributed by atoms with Gasteiger partial charge in [-0.15, -0.1) is 0 Å². The second-order valence-electron chi connectivity index (χ2n) is 21.5. The fourth-order valence-electron chi connectivity index (χ4n) is 9.87. The zero-order chi connectivity index (χ0) is 49.9. The fraction of sp³-hybridized carbons (Fsp3) is 0.968. The molecule has 2 nitrogen and oxygen atoms in total. The Kier molecular flexibility index (Phi) is 71.8. The van der Waals surface area contributed by atoms with E-state index in [1.807, 2.05) is 0 Å². The Balaban J connectivity index is -0.00000124. The third kappa shape index (κ3) is 64.9. The predicted molar refractivity (Wildman–Crippen MR) is 326 cm³/mol. The third-order valence-electron chi connectivity index (χ3n) is 14.6. The average Bonchev–Trinajstić information content (AvgIpc) is 3.33. The van der Waals surface area contributed by atoms with Crippen molar-refractivity contribution >= 4 is 58.3 Å². The molecule has 0 radical (unpaired) electrons. The first-order valence-electron chi connectivity index (χ1n) is 31.4. The van der Waals surface area contributed by atoms with E-state index < -0.39 is 0 Å². The SMILES string of the molecule is CCCCCCCCCCCCCCCN(CCCCCCCCCCCCCCC)C(=S)[S-].CCCCCCCCCCCCCCCN(CCCCCCCCCCCCCCC)C(=S)[S-].[Zn+2]. The van der Waals surface area contributed by atoms with Crippen LogP contribution in [0.1, 0.15) is 362 Å². The molecular formula is C62H124N2S4Zn. The molecule has 0 heterocycles. The Labute approximate surface area is 471 Å². The van der Waals surface area contributed by atoms with Crippen LogP contribution < -0.4 is 0 Å². The Hall–Kier alpha value is 0.843. The number of nitrogens with zero attached hydrogens (tertiary/aromatic N) is 2. The molecular weight excluding hydrogens is 966 g/mol. The summed E-state index contributed by atoms with van der Waals surface area (Å²) in [6.45, 7) is 13.5. The fourth-order valence-corrected chi connectivity index (χ4v) is 10.6. The molecule has 408 valence electrons. The van der Waals surface area contributed by atoms with E-state index in [2.05, 4.69) is 37.5 Å². The third-order valence-corrected chi connectivity index (χ3v) is 15.7. The molecule has 0 aliphatic carbocycles. The van der Waals surface area contributed by atoms with Gasteiger partial charge in [0.2, 0.25) is 0 Å². The first kappa shape index (κ1) is 74.1. The van der Waals surface area contributed by atoms with Gasteiger partial charge in [-0.25, -0.2) is 0 Å². The van der Waals surface area contributed by atoms with Crippen LogP contribution in [-0.2, 0) is 44.7 Å². The van der Waals surface area contributed by atoms with Crippen molar-refractivity contribution in [1.82, 2.24) is 9.80 Å². The summed E-state index contributed by atoms with van der Waals surface area (Å²) in [5, 5.41) is 0. The molecule has 0 N–H and O–H groups in total. The van der Waals surface area contributed by atoms with E-state index in [0.717, 1.165) is 26.2 Å². The normalized spacial score (nSPS) is 11.1. The van der Waals surface area contributed by atoms with Crippen LogP contribution in [0.25, 0.3) is 0 Å². The van der Waals surface area contributed by atoms with Gasteiger partial charge in [-0.2, -0.15) is 0 Å². The van der Waals surface area contributed by atoms with Crippen LogP contribution >= 0.6 is 24.4 Å². The van der Waals surface area contributed by atoms with Gasteiger partial charge in [-0.05, 0) is 25.7 Å². The number of hydrogen-bond donors (Lipinski definition) is 0. The topological polar surface area (TPSA) is 6.48 Å². The van der Waals surface area contributed by atoms with Crippen LogP contribution in [0.5, 0.6) is 0 Å². The summed E-state index contributed by atoms with van der Waals surface area (Å²) in [5.74, 6) is 0. The molecule has 0 aromatic heterocycles. The summed E-state index contributed by atoms with van der Waals surface area (Å²) < 4.78 is 1.38. The number of rotatable bonds is 56. The Morgan fingerprint density at radius 1 is 0.217 bits per heavy atom. The number of thiocarbonyl (C=S) groups is 2. The molecule has 7 heteroatoms. The molecule has 0 aromatic carbocycles. The van der Waals surface area contributed by atoms with Gasteiger partial charge in [0.1, 0.15) is 0 Å². The minimum atomic E-state index is 0. The van der Waals surface area contributed by atoms with Crippen molar-refractivity contribution in [3.63, 3.8) is 0 Å². The quantitative estimate of drug-likeness (QED) is 0.0257. The van der Waals surface area contributed by atoms with Crippen LogP contribution in [0, 0.1) is 0 Å². The zero-order valence-electron chi connectivity index (χ0n) is 47.8. The maximum atomic E-state index is 5.34. The van der Waals surface area contributed by atoms with E-state index in [4.69, 9.17) is 49.7 Å². The van der Waals surface area contributed by atoms with Gasteiger partial charge in [-0.3, -0.25) is 0 Å². The molecule has 0 amide bonds. The van der Waals surface area contributed by atoms with Gasteiger partial charge >= 0.3 is 19.5 Å². The second kappa shape index (κ2) is 66.9. The van der Waals surface area contributed by atoms with Crippen LogP contribution in [0.2, 0.25) is 0 Å². The van der Waals surface area contributed by atoms with Crippen molar-refractivity contribution in [2.45, 2.75) is 362 Å². The molecule has 0 atom stereocenters. The van der Waals surface area contributed by atoms with E-state index in [1.54, 1.807) is 0 Å². The van der Waals surface area contributed by atoms with E-state index in [1.165, 1.54) is 334 Å². The monoisotopic (exact) mass is 1090 g/mol. The molecule has 0 fully saturated rings. The molecule has 0 spiro atoms. The van der Waals surface area contributed by atoms with E-state index in [9.17, 15) is 0 Å². The standard InChI is InChI=1S/2C31H63NS2.Zn/c2*1-3-5-7-9-11-13-15-17-19-21-23-25-27-29-32(31(33)34)30-28-26-24-22-20-18-16-14-12-10-8-6-4-2;/h2*3-30H2,1-2H3,(H,33,34);/q;;+2/p-2. The van der Waals surface area contributed by atoms with E-state index in [-0.39, 0.29) is 19.5 Å². The summed E-state index contributed by atoms with van der Waals surface area (Å²) in [4.78, 5) is 4.59. The molecule has 0 bridgehead atoms. The largest absolute Gasteiger partial charge is 2.00 e. The first-order valence-corrected chi connectivity index (χ1v) is 33.0. The summed E-state index contributed by atoms with van der Waals surface area (Å²) >= 11 is 21.4. The van der Waals surface area contributed by atoms with Gasteiger partial charge in [0, 0.05) is 26.2 Å². The van der Waals surface area contributed by atoms with Gasteiger partial charge in [-0.1, -0.05) is 345 Å². The van der Waals surface area contributed by atoms with Gasteiger partial charge in [0.05, 0.1) is 0 Å². The molecule has 0 saturated carbocycles. The van der Waals surface area contributed by atoms with Crippen molar-refractivity contribution < 1.29 is 19.5 Å². The summed E-state index contributed by atoms with van der Waals surface area (Å²) in [7, 11) is 0. The number of hydrogen-bond acceptors (Lipinski definition) is 4.